The fourth-order valence-electron chi connectivity index (χ4n) is 4.32. The first-order valence-corrected chi connectivity index (χ1v) is 13.7. The first kappa shape index (κ1) is 26.8. The summed E-state index contributed by atoms with van der Waals surface area (Å²) < 4.78 is 25.2. The zero-order valence-corrected chi connectivity index (χ0v) is 22.0. The minimum Gasteiger partial charge on any atom is -0.345 e. The van der Waals surface area contributed by atoms with Crippen LogP contribution in [0.2, 0.25) is 0 Å². The fraction of sp³-hybridized carbons (Fsp3) is 0.308. The molecular formula is C26H27Cl2N3O3S. The molecule has 0 saturated heterocycles. The van der Waals surface area contributed by atoms with Gasteiger partial charge in [0.05, 0.1) is 24.3 Å². The van der Waals surface area contributed by atoms with E-state index in [1.807, 2.05) is 44.2 Å². The van der Waals surface area contributed by atoms with E-state index in [2.05, 4.69) is 16.1 Å². The van der Waals surface area contributed by atoms with Crippen LogP contribution in [0.15, 0.2) is 70.7 Å². The molecule has 3 rings (SSSR count). The van der Waals surface area contributed by atoms with Crippen molar-refractivity contribution in [2.45, 2.75) is 32.2 Å². The molecule has 0 radical (unpaired) electrons. The Morgan fingerprint density at radius 3 is 2.29 bits per heavy atom. The number of benzene rings is 2. The van der Waals surface area contributed by atoms with Gasteiger partial charge in [0.2, 0.25) is 15.9 Å². The van der Waals surface area contributed by atoms with E-state index >= 15 is 0 Å². The van der Waals surface area contributed by atoms with Gasteiger partial charge in [0, 0.05) is 21.3 Å². The standard InChI is InChI=1S/C26H27Cl2N3O3S/c1-17(2)14-26(30-23(32)13-18-9-11-20(12-10-18)31-35(3,33)34)15-22(27)24(25(28)21(26)16-29)19-7-5-4-6-8-19/h4-12,15,17,21,31H,13-14H2,1-3H3,(H,30,32). The van der Waals surface area contributed by atoms with Crippen molar-refractivity contribution in [2.24, 2.45) is 11.8 Å². The van der Waals surface area contributed by atoms with Crippen molar-refractivity contribution in [3.8, 4) is 6.07 Å². The fourth-order valence-corrected chi connectivity index (χ4v) is 5.80. The number of carbonyl (C=O) groups excluding carboxylic acids is 1. The maximum Gasteiger partial charge on any atom is 0.229 e. The highest BCUT2D eigenvalue weighted by Crippen LogP contribution is 2.46. The van der Waals surface area contributed by atoms with Crippen molar-refractivity contribution in [3.05, 3.63) is 81.9 Å². The quantitative estimate of drug-likeness (QED) is 0.474. The van der Waals surface area contributed by atoms with Gasteiger partial charge in [-0.2, -0.15) is 5.26 Å². The van der Waals surface area contributed by atoms with Crippen LogP contribution in [0.5, 0.6) is 0 Å². The molecule has 2 unspecified atom stereocenters. The Morgan fingerprint density at radius 2 is 1.74 bits per heavy atom. The predicted octanol–water partition coefficient (Wildman–Crippen LogP) is 5.43. The van der Waals surface area contributed by atoms with E-state index in [1.165, 1.54) is 0 Å². The van der Waals surface area contributed by atoms with Gasteiger partial charge in [-0.15, -0.1) is 0 Å². The minimum absolute atomic E-state index is 0.0372. The number of amides is 1. The molecule has 0 aliphatic heterocycles. The maximum atomic E-state index is 13.1. The van der Waals surface area contributed by atoms with Crippen molar-refractivity contribution in [1.82, 2.24) is 5.32 Å². The number of allylic oxidation sites excluding steroid dienone is 2. The molecule has 0 heterocycles. The third-order valence-corrected chi connectivity index (χ3v) is 6.87. The average Bonchev–Trinajstić information content (AvgIpc) is 2.74. The molecule has 6 nitrogen and oxygen atoms in total. The molecule has 0 saturated carbocycles. The highest BCUT2D eigenvalue weighted by atomic mass is 35.5. The summed E-state index contributed by atoms with van der Waals surface area (Å²) in [5.74, 6) is -0.992. The Labute approximate surface area is 216 Å². The number of halogens is 2. The summed E-state index contributed by atoms with van der Waals surface area (Å²) in [6, 6.07) is 18.2. The van der Waals surface area contributed by atoms with Gasteiger partial charge in [0.1, 0.15) is 5.92 Å². The van der Waals surface area contributed by atoms with Gasteiger partial charge in [-0.25, -0.2) is 8.42 Å². The molecule has 2 aromatic carbocycles. The average molecular weight is 532 g/mol. The molecule has 0 bridgehead atoms. The molecule has 9 heteroatoms. The second kappa shape index (κ2) is 10.9. The first-order chi connectivity index (χ1) is 16.4. The third kappa shape index (κ3) is 6.66. The number of sulfonamides is 1. The van der Waals surface area contributed by atoms with E-state index in [4.69, 9.17) is 23.2 Å². The van der Waals surface area contributed by atoms with Crippen LogP contribution in [0.3, 0.4) is 0 Å². The summed E-state index contributed by atoms with van der Waals surface area (Å²) in [5, 5.41) is 13.9. The van der Waals surface area contributed by atoms with Crippen LogP contribution in [0.25, 0.3) is 5.57 Å². The van der Waals surface area contributed by atoms with Crippen LogP contribution < -0.4 is 10.0 Å². The summed E-state index contributed by atoms with van der Waals surface area (Å²) in [6.07, 6.45) is 3.31. The van der Waals surface area contributed by atoms with Crippen LogP contribution in [-0.2, 0) is 21.2 Å². The molecular weight excluding hydrogens is 505 g/mol. The monoisotopic (exact) mass is 531 g/mol. The van der Waals surface area contributed by atoms with E-state index in [-0.39, 0.29) is 18.2 Å². The summed E-state index contributed by atoms with van der Waals surface area (Å²) in [7, 11) is -3.39. The molecule has 0 aromatic heterocycles. The zero-order valence-electron chi connectivity index (χ0n) is 19.7. The topological polar surface area (TPSA) is 99.1 Å². The number of nitriles is 1. The lowest BCUT2D eigenvalue weighted by atomic mass is 9.73. The van der Waals surface area contributed by atoms with Crippen LogP contribution in [-0.4, -0.2) is 26.1 Å². The lowest BCUT2D eigenvalue weighted by Crippen LogP contribution is -2.54. The van der Waals surface area contributed by atoms with Crippen molar-refractivity contribution >= 4 is 50.4 Å². The minimum atomic E-state index is -3.39. The number of nitrogens with zero attached hydrogens (tertiary/aromatic N) is 1. The Morgan fingerprint density at radius 1 is 1.11 bits per heavy atom. The predicted molar refractivity (Wildman–Crippen MR) is 141 cm³/mol. The molecule has 184 valence electrons. The van der Waals surface area contributed by atoms with E-state index < -0.39 is 21.5 Å². The maximum absolute atomic E-state index is 13.1. The Bertz CT molecular complexity index is 1300. The Balaban J connectivity index is 1.90. The summed E-state index contributed by atoms with van der Waals surface area (Å²) in [4.78, 5) is 13.1. The second-order valence-corrected chi connectivity index (χ2v) is 11.6. The lowest BCUT2D eigenvalue weighted by Gasteiger charge is -2.41. The second-order valence-electron chi connectivity index (χ2n) is 9.08. The van der Waals surface area contributed by atoms with Crippen molar-refractivity contribution in [3.63, 3.8) is 0 Å². The Kier molecular flexibility index (Phi) is 8.32. The molecule has 0 fully saturated rings. The van der Waals surface area contributed by atoms with Crippen molar-refractivity contribution < 1.29 is 13.2 Å². The molecule has 1 aliphatic rings. The van der Waals surface area contributed by atoms with Gasteiger partial charge < -0.3 is 5.32 Å². The van der Waals surface area contributed by atoms with E-state index in [0.29, 0.717) is 33.3 Å². The highest BCUT2D eigenvalue weighted by molar-refractivity contribution is 7.92. The molecule has 2 N–H and O–H groups in total. The SMILES string of the molecule is CC(C)CC1(NC(=O)Cc2ccc(NS(C)(=O)=O)cc2)C=C(Cl)C(c2ccccc2)=C(Cl)C1C#N. The number of nitrogens with one attached hydrogen (secondary N) is 2. The zero-order chi connectivity index (χ0) is 25.8. The largest absolute Gasteiger partial charge is 0.345 e. The molecule has 1 aliphatic carbocycles. The summed E-state index contributed by atoms with van der Waals surface area (Å²) in [6.45, 7) is 4.00. The van der Waals surface area contributed by atoms with E-state index in [0.717, 1.165) is 11.8 Å². The van der Waals surface area contributed by atoms with Gasteiger partial charge in [-0.05, 0) is 41.7 Å². The van der Waals surface area contributed by atoms with Gasteiger partial charge in [-0.1, -0.05) is 79.5 Å². The van der Waals surface area contributed by atoms with Gasteiger partial charge in [0.15, 0.2) is 0 Å². The lowest BCUT2D eigenvalue weighted by molar-refractivity contribution is -0.122. The van der Waals surface area contributed by atoms with E-state index in [9.17, 15) is 18.5 Å². The Hall–Kier alpha value is -2.79. The molecule has 2 aromatic rings. The molecule has 1 amide bonds. The van der Waals surface area contributed by atoms with Crippen LogP contribution in [0, 0.1) is 23.2 Å². The summed E-state index contributed by atoms with van der Waals surface area (Å²) in [5.41, 5.74) is 1.40. The number of carbonyl (C=O) groups is 1. The molecule has 0 spiro atoms. The van der Waals surface area contributed by atoms with Gasteiger partial charge in [0.25, 0.3) is 0 Å². The van der Waals surface area contributed by atoms with Crippen LogP contribution in [0.4, 0.5) is 5.69 Å². The van der Waals surface area contributed by atoms with Crippen LogP contribution in [0.1, 0.15) is 31.4 Å². The van der Waals surface area contributed by atoms with Crippen LogP contribution >= 0.6 is 23.2 Å². The number of rotatable bonds is 8. The number of hydrogen-bond acceptors (Lipinski definition) is 4. The number of anilines is 1. The normalized spacial score (nSPS) is 20.3. The van der Waals surface area contributed by atoms with E-state index in [1.54, 1.807) is 30.3 Å². The first-order valence-electron chi connectivity index (χ1n) is 11.1. The summed E-state index contributed by atoms with van der Waals surface area (Å²) >= 11 is 13.5. The third-order valence-electron chi connectivity index (χ3n) is 5.56. The highest BCUT2D eigenvalue weighted by Gasteiger charge is 2.45. The smallest absolute Gasteiger partial charge is 0.229 e. The molecule has 35 heavy (non-hydrogen) atoms. The van der Waals surface area contributed by atoms with Crippen molar-refractivity contribution in [2.75, 3.05) is 11.0 Å². The molecule has 2 atom stereocenters. The van der Waals surface area contributed by atoms with Gasteiger partial charge >= 0.3 is 0 Å². The number of hydrogen-bond donors (Lipinski definition) is 2. The van der Waals surface area contributed by atoms with Gasteiger partial charge in [-0.3, -0.25) is 9.52 Å². The van der Waals surface area contributed by atoms with Crippen molar-refractivity contribution in [1.29, 1.82) is 5.26 Å².